The number of carbonyl (C=O) groups is 2. The van der Waals surface area contributed by atoms with Crippen LogP contribution in [0.4, 0.5) is 4.79 Å². The first-order chi connectivity index (χ1) is 11.2. The number of hydrogen-bond acceptors (Lipinski definition) is 3. The highest BCUT2D eigenvalue weighted by Crippen LogP contribution is 2.23. The first-order valence-electron chi connectivity index (χ1n) is 7.51. The van der Waals surface area contributed by atoms with Gasteiger partial charge in [0.1, 0.15) is 6.04 Å². The quantitative estimate of drug-likeness (QED) is 0.678. The van der Waals surface area contributed by atoms with E-state index in [1.165, 1.54) is 4.90 Å². The van der Waals surface area contributed by atoms with Crippen LogP contribution in [0.5, 0.6) is 0 Å². The van der Waals surface area contributed by atoms with Crippen molar-refractivity contribution in [3.8, 4) is 0 Å². The maximum Gasteiger partial charge on any atom is 0.328 e. The molecule has 0 aliphatic carbocycles. The third-order valence-corrected chi connectivity index (χ3v) is 4.30. The number of amides is 3. The highest BCUT2D eigenvalue weighted by Gasteiger charge is 2.43. The van der Waals surface area contributed by atoms with E-state index in [1.54, 1.807) is 4.90 Å². The summed E-state index contributed by atoms with van der Waals surface area (Å²) >= 11 is 4.27. The van der Waals surface area contributed by atoms with Gasteiger partial charge >= 0.3 is 6.03 Å². The van der Waals surface area contributed by atoms with E-state index in [0.717, 1.165) is 11.1 Å². The number of nitrogens with zero attached hydrogens (tertiary/aromatic N) is 2. The molecule has 23 heavy (non-hydrogen) atoms. The zero-order chi connectivity index (χ0) is 16.2. The van der Waals surface area contributed by atoms with Crippen molar-refractivity contribution in [1.29, 1.82) is 0 Å². The van der Waals surface area contributed by atoms with Crippen LogP contribution in [0.1, 0.15) is 11.1 Å². The van der Waals surface area contributed by atoms with Crippen molar-refractivity contribution in [2.24, 2.45) is 0 Å². The maximum atomic E-state index is 12.7. The van der Waals surface area contributed by atoms with Gasteiger partial charge in [-0.25, -0.2) is 4.79 Å². The second kappa shape index (κ2) is 6.87. The van der Waals surface area contributed by atoms with Gasteiger partial charge in [-0.15, -0.1) is 0 Å². The van der Waals surface area contributed by atoms with Crippen LogP contribution in [0.3, 0.4) is 0 Å². The van der Waals surface area contributed by atoms with Gasteiger partial charge in [0, 0.05) is 12.3 Å². The highest BCUT2D eigenvalue weighted by atomic mass is 32.1. The van der Waals surface area contributed by atoms with Crippen LogP contribution >= 0.6 is 12.6 Å². The minimum atomic E-state index is -0.505. The molecule has 1 aliphatic rings. The number of hydrogen-bond donors (Lipinski definition) is 1. The van der Waals surface area contributed by atoms with Gasteiger partial charge in [0.15, 0.2) is 0 Å². The number of rotatable bonds is 5. The second-order valence-electron chi connectivity index (χ2n) is 5.50. The first-order valence-corrected chi connectivity index (χ1v) is 8.14. The predicted molar refractivity (Wildman–Crippen MR) is 92.0 cm³/mol. The second-order valence-corrected chi connectivity index (χ2v) is 5.87. The molecule has 2 aromatic rings. The fraction of sp³-hybridized carbons (Fsp3) is 0.222. The van der Waals surface area contributed by atoms with Crippen molar-refractivity contribution >= 4 is 24.6 Å². The van der Waals surface area contributed by atoms with Crippen LogP contribution in [0.15, 0.2) is 60.7 Å². The Morgan fingerprint density at radius 3 is 1.87 bits per heavy atom. The van der Waals surface area contributed by atoms with Crippen molar-refractivity contribution in [1.82, 2.24) is 9.80 Å². The van der Waals surface area contributed by atoms with Crippen molar-refractivity contribution in [3.05, 3.63) is 71.8 Å². The molecule has 3 amide bonds. The minimum Gasteiger partial charge on any atom is -0.307 e. The molecule has 1 heterocycles. The third kappa shape index (κ3) is 3.24. The molecule has 4 nitrogen and oxygen atoms in total. The lowest BCUT2D eigenvalue weighted by Crippen LogP contribution is -2.35. The van der Waals surface area contributed by atoms with Gasteiger partial charge in [0.25, 0.3) is 5.91 Å². The summed E-state index contributed by atoms with van der Waals surface area (Å²) in [5, 5.41) is 0. The van der Waals surface area contributed by atoms with Crippen molar-refractivity contribution in [2.75, 3.05) is 5.75 Å². The standard InChI is InChI=1S/C18H18N2O2S/c21-17-16(13-23)19(11-14-7-3-1-4-8-14)18(22)20(17)12-15-9-5-2-6-10-15/h1-10,16,23H,11-13H2. The molecule has 1 atom stereocenters. The van der Waals surface area contributed by atoms with Crippen LogP contribution in [-0.2, 0) is 17.9 Å². The lowest BCUT2D eigenvalue weighted by Gasteiger charge is -2.20. The largest absolute Gasteiger partial charge is 0.328 e. The predicted octanol–water partition coefficient (Wildman–Crippen LogP) is 2.95. The van der Waals surface area contributed by atoms with Gasteiger partial charge in [0.05, 0.1) is 6.54 Å². The minimum absolute atomic E-state index is 0.176. The lowest BCUT2D eigenvalue weighted by atomic mass is 10.2. The molecule has 3 rings (SSSR count). The Kier molecular flexibility index (Phi) is 4.67. The Hall–Kier alpha value is -2.27. The van der Waals surface area contributed by atoms with Gasteiger partial charge in [-0.1, -0.05) is 60.7 Å². The summed E-state index contributed by atoms with van der Waals surface area (Å²) < 4.78 is 0. The summed E-state index contributed by atoms with van der Waals surface area (Å²) in [5.41, 5.74) is 1.94. The van der Waals surface area contributed by atoms with Gasteiger partial charge in [-0.3, -0.25) is 9.69 Å². The van der Waals surface area contributed by atoms with E-state index in [9.17, 15) is 9.59 Å². The Morgan fingerprint density at radius 2 is 1.35 bits per heavy atom. The van der Waals surface area contributed by atoms with Crippen LogP contribution < -0.4 is 0 Å². The summed E-state index contributed by atoms with van der Waals surface area (Å²) in [6, 6.07) is 18.5. The fourth-order valence-electron chi connectivity index (χ4n) is 2.74. The highest BCUT2D eigenvalue weighted by molar-refractivity contribution is 7.80. The van der Waals surface area contributed by atoms with E-state index in [0.29, 0.717) is 18.8 Å². The van der Waals surface area contributed by atoms with Crippen LogP contribution in [0.25, 0.3) is 0 Å². The van der Waals surface area contributed by atoms with Gasteiger partial charge in [0.2, 0.25) is 0 Å². The lowest BCUT2D eigenvalue weighted by molar-refractivity contribution is -0.128. The summed E-state index contributed by atoms with van der Waals surface area (Å²) in [6.07, 6.45) is 0. The molecule has 0 bridgehead atoms. The van der Waals surface area contributed by atoms with E-state index in [1.807, 2.05) is 60.7 Å². The molecule has 118 valence electrons. The Morgan fingerprint density at radius 1 is 0.826 bits per heavy atom. The molecule has 0 saturated carbocycles. The van der Waals surface area contributed by atoms with E-state index in [-0.39, 0.29) is 11.9 Å². The summed E-state index contributed by atoms with van der Waals surface area (Å²) in [4.78, 5) is 28.2. The summed E-state index contributed by atoms with van der Waals surface area (Å²) in [7, 11) is 0. The Labute approximate surface area is 141 Å². The first kappa shape index (κ1) is 15.6. The van der Waals surface area contributed by atoms with Gasteiger partial charge in [-0.2, -0.15) is 12.6 Å². The number of benzene rings is 2. The molecule has 0 aromatic heterocycles. The van der Waals surface area contributed by atoms with Crippen LogP contribution in [-0.4, -0.2) is 33.5 Å². The molecule has 1 unspecified atom stereocenters. The number of carbonyl (C=O) groups excluding carboxylic acids is 2. The molecule has 1 saturated heterocycles. The summed E-state index contributed by atoms with van der Waals surface area (Å²) in [6.45, 7) is 0.718. The monoisotopic (exact) mass is 326 g/mol. The summed E-state index contributed by atoms with van der Waals surface area (Å²) in [5.74, 6) is 0.146. The zero-order valence-corrected chi connectivity index (χ0v) is 13.5. The van der Waals surface area contributed by atoms with E-state index >= 15 is 0 Å². The molecular weight excluding hydrogens is 308 g/mol. The average molecular weight is 326 g/mol. The molecule has 2 aromatic carbocycles. The molecule has 1 aliphatic heterocycles. The molecule has 1 fully saturated rings. The van der Waals surface area contributed by atoms with Crippen LogP contribution in [0.2, 0.25) is 0 Å². The SMILES string of the molecule is O=C1C(CS)N(Cc2ccccc2)C(=O)N1Cc1ccccc1. The fourth-order valence-corrected chi connectivity index (χ4v) is 3.10. The number of urea groups is 1. The number of thiol groups is 1. The van der Waals surface area contributed by atoms with E-state index in [4.69, 9.17) is 0 Å². The Bertz CT molecular complexity index is 691. The van der Waals surface area contributed by atoms with Crippen LogP contribution in [0, 0.1) is 0 Å². The molecule has 0 radical (unpaired) electrons. The Balaban J connectivity index is 1.81. The van der Waals surface area contributed by atoms with Crippen molar-refractivity contribution in [3.63, 3.8) is 0 Å². The van der Waals surface area contributed by atoms with E-state index < -0.39 is 6.04 Å². The number of imide groups is 1. The normalized spacial score (nSPS) is 17.9. The van der Waals surface area contributed by atoms with Gasteiger partial charge in [-0.05, 0) is 11.1 Å². The molecule has 0 spiro atoms. The molecule has 0 N–H and O–H groups in total. The molecular formula is C18H18N2O2S. The molecule has 5 heteroatoms. The topological polar surface area (TPSA) is 40.6 Å². The van der Waals surface area contributed by atoms with Crippen molar-refractivity contribution in [2.45, 2.75) is 19.1 Å². The van der Waals surface area contributed by atoms with Gasteiger partial charge < -0.3 is 4.90 Å². The zero-order valence-electron chi connectivity index (χ0n) is 12.6. The van der Waals surface area contributed by atoms with E-state index in [2.05, 4.69) is 12.6 Å². The third-order valence-electron chi connectivity index (χ3n) is 3.96. The maximum absolute atomic E-state index is 12.7. The average Bonchev–Trinajstić information content (AvgIpc) is 2.81. The smallest absolute Gasteiger partial charge is 0.307 e. The van der Waals surface area contributed by atoms with Crippen molar-refractivity contribution < 1.29 is 9.59 Å².